The molecule has 0 aromatic carbocycles. The summed E-state index contributed by atoms with van der Waals surface area (Å²) in [6, 6.07) is 0. The lowest BCUT2D eigenvalue weighted by molar-refractivity contribution is -0.157. The second-order valence-electron chi connectivity index (χ2n) is 3.57. The van der Waals surface area contributed by atoms with Gasteiger partial charge in [0.05, 0.1) is 11.8 Å². The SMILES string of the molecule is CCN1CCC(C(=O)O)C(C(=O)O)C1. The number of carboxylic acids is 2. The maximum absolute atomic E-state index is 10.8. The van der Waals surface area contributed by atoms with Gasteiger partial charge in [-0.05, 0) is 19.5 Å². The summed E-state index contributed by atoms with van der Waals surface area (Å²) in [5.41, 5.74) is 0. The predicted octanol–water partition coefficient (Wildman–Crippen LogP) is 0.114. The molecule has 14 heavy (non-hydrogen) atoms. The molecule has 1 heterocycles. The van der Waals surface area contributed by atoms with Crippen LogP contribution < -0.4 is 0 Å². The Balaban J connectivity index is 2.70. The molecular weight excluding hydrogens is 186 g/mol. The normalized spacial score (nSPS) is 28.6. The molecule has 0 saturated carbocycles. The molecule has 1 saturated heterocycles. The van der Waals surface area contributed by atoms with Crippen molar-refractivity contribution in [3.8, 4) is 0 Å². The second kappa shape index (κ2) is 4.41. The van der Waals surface area contributed by atoms with Gasteiger partial charge in [-0.25, -0.2) is 0 Å². The third kappa shape index (κ3) is 2.23. The fourth-order valence-corrected chi connectivity index (χ4v) is 1.85. The topological polar surface area (TPSA) is 77.8 Å². The summed E-state index contributed by atoms with van der Waals surface area (Å²) in [6.07, 6.45) is 0.431. The first-order chi connectivity index (χ1) is 6.56. The molecule has 5 heteroatoms. The molecule has 1 aliphatic rings. The summed E-state index contributed by atoms with van der Waals surface area (Å²) in [6.45, 7) is 3.75. The van der Waals surface area contributed by atoms with Crippen molar-refractivity contribution in [2.24, 2.45) is 11.8 Å². The molecule has 2 atom stereocenters. The van der Waals surface area contributed by atoms with Crippen molar-refractivity contribution in [3.63, 3.8) is 0 Å². The second-order valence-corrected chi connectivity index (χ2v) is 3.57. The zero-order chi connectivity index (χ0) is 10.7. The number of hydrogen-bond acceptors (Lipinski definition) is 3. The van der Waals surface area contributed by atoms with Gasteiger partial charge < -0.3 is 15.1 Å². The van der Waals surface area contributed by atoms with Gasteiger partial charge in [0.2, 0.25) is 0 Å². The number of hydrogen-bond donors (Lipinski definition) is 2. The minimum atomic E-state index is -1.00. The van der Waals surface area contributed by atoms with Crippen molar-refractivity contribution in [1.29, 1.82) is 0 Å². The largest absolute Gasteiger partial charge is 0.481 e. The molecule has 5 nitrogen and oxygen atoms in total. The maximum atomic E-state index is 10.8. The van der Waals surface area contributed by atoms with Crippen LogP contribution in [0.1, 0.15) is 13.3 Å². The van der Waals surface area contributed by atoms with Crippen LogP contribution in [-0.2, 0) is 9.59 Å². The van der Waals surface area contributed by atoms with Crippen LogP contribution >= 0.6 is 0 Å². The van der Waals surface area contributed by atoms with Crippen LogP contribution in [0.25, 0.3) is 0 Å². The van der Waals surface area contributed by atoms with Gasteiger partial charge in [0.15, 0.2) is 0 Å². The van der Waals surface area contributed by atoms with Crippen LogP contribution in [0.15, 0.2) is 0 Å². The van der Waals surface area contributed by atoms with Gasteiger partial charge in [-0.3, -0.25) is 9.59 Å². The standard InChI is InChI=1S/C9H15NO4/c1-2-10-4-3-6(8(11)12)7(5-10)9(13)14/h6-7H,2-5H2,1H3,(H,11,12)(H,13,14). The molecule has 0 amide bonds. The number of nitrogens with zero attached hydrogens (tertiary/aromatic N) is 1. The summed E-state index contributed by atoms with van der Waals surface area (Å²) in [7, 11) is 0. The van der Waals surface area contributed by atoms with Gasteiger partial charge in [-0.2, -0.15) is 0 Å². The molecule has 1 rings (SSSR count). The van der Waals surface area contributed by atoms with Crippen molar-refractivity contribution >= 4 is 11.9 Å². The first-order valence-corrected chi connectivity index (χ1v) is 4.74. The Labute approximate surface area is 82.3 Å². The molecule has 0 aromatic rings. The Morgan fingerprint density at radius 2 is 1.86 bits per heavy atom. The summed E-state index contributed by atoms with van der Waals surface area (Å²) in [4.78, 5) is 23.6. The van der Waals surface area contributed by atoms with Crippen LogP contribution in [0.4, 0.5) is 0 Å². The predicted molar refractivity (Wildman–Crippen MR) is 49.0 cm³/mol. The van der Waals surface area contributed by atoms with Crippen LogP contribution in [0, 0.1) is 11.8 Å². The first-order valence-electron chi connectivity index (χ1n) is 4.74. The van der Waals surface area contributed by atoms with Crippen molar-refractivity contribution in [3.05, 3.63) is 0 Å². The van der Waals surface area contributed by atoms with E-state index in [0.29, 0.717) is 19.5 Å². The highest BCUT2D eigenvalue weighted by molar-refractivity contribution is 5.80. The van der Waals surface area contributed by atoms with Gasteiger partial charge in [-0.15, -0.1) is 0 Å². The van der Waals surface area contributed by atoms with Crippen molar-refractivity contribution in [1.82, 2.24) is 4.90 Å². The number of aliphatic carboxylic acids is 2. The average molecular weight is 201 g/mol. The minimum Gasteiger partial charge on any atom is -0.481 e. The van der Waals surface area contributed by atoms with Gasteiger partial charge in [0.25, 0.3) is 0 Å². The quantitative estimate of drug-likeness (QED) is 0.677. The van der Waals surface area contributed by atoms with E-state index in [1.54, 1.807) is 0 Å². The van der Waals surface area contributed by atoms with Crippen molar-refractivity contribution < 1.29 is 19.8 Å². The van der Waals surface area contributed by atoms with Crippen LogP contribution in [-0.4, -0.2) is 46.7 Å². The van der Waals surface area contributed by atoms with E-state index in [1.165, 1.54) is 0 Å². The van der Waals surface area contributed by atoms with Crippen LogP contribution in [0.3, 0.4) is 0 Å². The summed E-state index contributed by atoms with van der Waals surface area (Å²) in [5, 5.41) is 17.7. The number of carboxylic acid groups (broad SMARTS) is 2. The first kappa shape index (κ1) is 11.0. The molecule has 0 bridgehead atoms. The van der Waals surface area contributed by atoms with E-state index in [1.807, 2.05) is 11.8 Å². The van der Waals surface area contributed by atoms with Gasteiger partial charge in [-0.1, -0.05) is 6.92 Å². The zero-order valence-electron chi connectivity index (χ0n) is 8.14. The van der Waals surface area contributed by atoms with E-state index < -0.39 is 23.8 Å². The number of likely N-dealkylation sites (tertiary alicyclic amines) is 1. The highest BCUT2D eigenvalue weighted by Crippen LogP contribution is 2.23. The van der Waals surface area contributed by atoms with E-state index in [9.17, 15) is 9.59 Å². The third-order valence-corrected chi connectivity index (χ3v) is 2.78. The monoisotopic (exact) mass is 201 g/mol. The van der Waals surface area contributed by atoms with E-state index >= 15 is 0 Å². The van der Waals surface area contributed by atoms with E-state index in [-0.39, 0.29) is 0 Å². The molecule has 0 spiro atoms. The Hall–Kier alpha value is -1.10. The number of rotatable bonds is 3. The molecule has 0 aromatic heterocycles. The van der Waals surface area contributed by atoms with E-state index in [2.05, 4.69) is 0 Å². The molecule has 2 N–H and O–H groups in total. The molecule has 2 unspecified atom stereocenters. The Bertz CT molecular complexity index is 241. The molecular formula is C9H15NO4. The lowest BCUT2D eigenvalue weighted by Gasteiger charge is -2.33. The van der Waals surface area contributed by atoms with Crippen LogP contribution in [0.5, 0.6) is 0 Å². The lowest BCUT2D eigenvalue weighted by atomic mass is 9.85. The van der Waals surface area contributed by atoms with Crippen molar-refractivity contribution in [2.45, 2.75) is 13.3 Å². The molecule has 1 fully saturated rings. The maximum Gasteiger partial charge on any atom is 0.308 e. The Morgan fingerprint density at radius 1 is 1.29 bits per heavy atom. The highest BCUT2D eigenvalue weighted by Gasteiger charge is 2.38. The van der Waals surface area contributed by atoms with E-state index in [0.717, 1.165) is 6.54 Å². The smallest absolute Gasteiger partial charge is 0.308 e. The van der Waals surface area contributed by atoms with E-state index in [4.69, 9.17) is 10.2 Å². The third-order valence-electron chi connectivity index (χ3n) is 2.78. The zero-order valence-corrected chi connectivity index (χ0v) is 8.14. The lowest BCUT2D eigenvalue weighted by Crippen LogP contribution is -2.46. The van der Waals surface area contributed by atoms with Gasteiger partial charge in [0.1, 0.15) is 0 Å². The Kier molecular flexibility index (Phi) is 3.46. The number of carbonyl (C=O) groups is 2. The summed E-state index contributed by atoms with van der Waals surface area (Å²) in [5.74, 6) is -3.49. The van der Waals surface area contributed by atoms with Gasteiger partial charge in [0, 0.05) is 6.54 Å². The molecule has 0 radical (unpaired) electrons. The number of piperidine rings is 1. The van der Waals surface area contributed by atoms with Crippen molar-refractivity contribution in [2.75, 3.05) is 19.6 Å². The highest BCUT2D eigenvalue weighted by atomic mass is 16.4. The fraction of sp³-hybridized carbons (Fsp3) is 0.778. The fourth-order valence-electron chi connectivity index (χ4n) is 1.85. The molecule has 80 valence electrons. The Morgan fingerprint density at radius 3 is 2.29 bits per heavy atom. The van der Waals surface area contributed by atoms with Gasteiger partial charge >= 0.3 is 11.9 Å². The minimum absolute atomic E-state index is 0.350. The average Bonchev–Trinajstić information content (AvgIpc) is 2.16. The molecule has 0 aliphatic carbocycles. The molecule has 1 aliphatic heterocycles. The summed E-state index contributed by atoms with van der Waals surface area (Å²) >= 11 is 0. The summed E-state index contributed by atoms with van der Waals surface area (Å²) < 4.78 is 0. The van der Waals surface area contributed by atoms with Crippen LogP contribution in [0.2, 0.25) is 0 Å².